The van der Waals surface area contributed by atoms with Crippen molar-refractivity contribution in [3.8, 4) is 0 Å². The highest BCUT2D eigenvalue weighted by molar-refractivity contribution is 7.98. The first-order valence-electron chi connectivity index (χ1n) is 9.02. The van der Waals surface area contributed by atoms with Crippen molar-refractivity contribution in [3.63, 3.8) is 0 Å². The van der Waals surface area contributed by atoms with Crippen LogP contribution in [0.4, 0.5) is 4.79 Å². The number of rotatable bonds is 11. The summed E-state index contributed by atoms with van der Waals surface area (Å²) >= 11 is 1.39. The van der Waals surface area contributed by atoms with E-state index in [9.17, 15) is 19.5 Å². The molecule has 2 N–H and O–H groups in total. The smallest absolute Gasteiger partial charge is 0.408 e. The Balaban J connectivity index is 1.75. The fourth-order valence-corrected chi connectivity index (χ4v) is 3.33. The van der Waals surface area contributed by atoms with Crippen molar-refractivity contribution >= 4 is 29.8 Å². The number of benzene rings is 1. The van der Waals surface area contributed by atoms with E-state index in [0.717, 1.165) is 5.56 Å². The molecule has 2 aromatic rings. The van der Waals surface area contributed by atoms with E-state index in [1.165, 1.54) is 24.1 Å². The quantitative estimate of drug-likeness (QED) is 0.419. The van der Waals surface area contributed by atoms with Gasteiger partial charge in [-0.1, -0.05) is 30.3 Å². The SMILES string of the molecule is CCOC(=O)c1ccoc1CSCCC(NC(=O)OCc1ccccc1)C(=O)O. The molecule has 0 aliphatic carbocycles. The summed E-state index contributed by atoms with van der Waals surface area (Å²) in [6, 6.07) is 9.56. The molecule has 1 heterocycles. The molecule has 0 aliphatic heterocycles. The predicted octanol–water partition coefficient (Wildman–Crippen LogP) is 3.46. The van der Waals surface area contributed by atoms with E-state index in [-0.39, 0.29) is 19.6 Å². The zero-order valence-corrected chi connectivity index (χ0v) is 16.8. The predicted molar refractivity (Wildman–Crippen MR) is 107 cm³/mol. The van der Waals surface area contributed by atoms with Crippen LogP contribution in [0.5, 0.6) is 0 Å². The molecule has 1 amide bonds. The Labute approximate surface area is 172 Å². The van der Waals surface area contributed by atoms with E-state index in [0.29, 0.717) is 22.8 Å². The molecule has 0 radical (unpaired) electrons. The van der Waals surface area contributed by atoms with Crippen LogP contribution in [0.2, 0.25) is 0 Å². The zero-order chi connectivity index (χ0) is 21.1. The average molecular weight is 421 g/mol. The first-order valence-corrected chi connectivity index (χ1v) is 10.2. The Morgan fingerprint density at radius 2 is 1.93 bits per heavy atom. The molecule has 0 spiro atoms. The number of furan rings is 1. The molecule has 0 bridgehead atoms. The second-order valence-electron chi connectivity index (χ2n) is 5.92. The maximum absolute atomic E-state index is 11.9. The van der Waals surface area contributed by atoms with Crippen LogP contribution in [0.25, 0.3) is 0 Å². The molecule has 0 saturated carbocycles. The lowest BCUT2D eigenvalue weighted by atomic mass is 10.2. The molecule has 8 nitrogen and oxygen atoms in total. The van der Waals surface area contributed by atoms with Gasteiger partial charge in [-0.25, -0.2) is 14.4 Å². The van der Waals surface area contributed by atoms with Crippen molar-refractivity contribution in [2.45, 2.75) is 31.7 Å². The summed E-state index contributed by atoms with van der Waals surface area (Å²) in [7, 11) is 0. The molecule has 1 aromatic heterocycles. The summed E-state index contributed by atoms with van der Waals surface area (Å²) in [6.07, 6.45) is 0.810. The summed E-state index contributed by atoms with van der Waals surface area (Å²) in [6.45, 7) is 2.04. The first kappa shape index (κ1) is 22.4. The van der Waals surface area contributed by atoms with E-state index < -0.39 is 24.1 Å². The fraction of sp³-hybridized carbons (Fsp3) is 0.350. The van der Waals surface area contributed by atoms with Gasteiger partial charge in [0.05, 0.1) is 18.6 Å². The summed E-state index contributed by atoms with van der Waals surface area (Å²) in [5.74, 6) is -0.323. The lowest BCUT2D eigenvalue weighted by Gasteiger charge is -2.14. The third-order valence-corrected chi connectivity index (χ3v) is 4.82. The van der Waals surface area contributed by atoms with E-state index in [4.69, 9.17) is 13.9 Å². The van der Waals surface area contributed by atoms with Crippen LogP contribution in [0.1, 0.15) is 35.0 Å². The molecule has 1 atom stereocenters. The maximum atomic E-state index is 11.9. The van der Waals surface area contributed by atoms with Gasteiger partial charge in [-0.05, 0) is 30.7 Å². The fourth-order valence-electron chi connectivity index (χ4n) is 2.37. The first-order chi connectivity index (χ1) is 14.0. The molecule has 0 saturated heterocycles. The minimum Gasteiger partial charge on any atom is -0.480 e. The van der Waals surface area contributed by atoms with E-state index in [2.05, 4.69) is 5.32 Å². The number of hydrogen-bond donors (Lipinski definition) is 2. The van der Waals surface area contributed by atoms with Crippen LogP contribution < -0.4 is 5.32 Å². The maximum Gasteiger partial charge on any atom is 0.408 e. The summed E-state index contributed by atoms with van der Waals surface area (Å²) in [5.41, 5.74) is 1.16. The number of alkyl carbamates (subject to hydrolysis) is 1. The molecule has 0 aliphatic rings. The van der Waals surface area contributed by atoms with Gasteiger partial charge in [-0.15, -0.1) is 0 Å². The largest absolute Gasteiger partial charge is 0.480 e. The van der Waals surface area contributed by atoms with E-state index >= 15 is 0 Å². The van der Waals surface area contributed by atoms with Gasteiger partial charge in [0, 0.05) is 0 Å². The number of hydrogen-bond acceptors (Lipinski definition) is 7. The number of carboxylic acid groups (broad SMARTS) is 1. The second kappa shape index (κ2) is 11.8. The lowest BCUT2D eigenvalue weighted by molar-refractivity contribution is -0.139. The third kappa shape index (κ3) is 7.53. The average Bonchev–Trinajstić information content (AvgIpc) is 3.18. The lowest BCUT2D eigenvalue weighted by Crippen LogP contribution is -2.41. The van der Waals surface area contributed by atoms with Gasteiger partial charge in [0.1, 0.15) is 24.0 Å². The summed E-state index contributed by atoms with van der Waals surface area (Å²) in [5, 5.41) is 11.7. The van der Waals surface area contributed by atoms with Crippen LogP contribution in [-0.4, -0.2) is 41.5 Å². The number of carbonyl (C=O) groups excluding carboxylic acids is 2. The van der Waals surface area contributed by atoms with Crippen molar-refractivity contribution in [3.05, 3.63) is 59.5 Å². The molecular formula is C20H23NO7S. The highest BCUT2D eigenvalue weighted by atomic mass is 32.2. The van der Waals surface area contributed by atoms with Gasteiger partial charge < -0.3 is 24.3 Å². The van der Waals surface area contributed by atoms with Crippen LogP contribution in [-0.2, 0) is 26.6 Å². The van der Waals surface area contributed by atoms with Crippen LogP contribution >= 0.6 is 11.8 Å². The third-order valence-electron chi connectivity index (χ3n) is 3.83. The van der Waals surface area contributed by atoms with Gasteiger partial charge in [0.2, 0.25) is 0 Å². The number of nitrogens with one attached hydrogen (secondary N) is 1. The highest BCUT2D eigenvalue weighted by Gasteiger charge is 2.21. The van der Waals surface area contributed by atoms with Gasteiger partial charge in [0.15, 0.2) is 0 Å². The summed E-state index contributed by atoms with van der Waals surface area (Å²) in [4.78, 5) is 35.1. The Bertz CT molecular complexity index is 806. The molecule has 1 aromatic carbocycles. The van der Waals surface area contributed by atoms with Gasteiger partial charge >= 0.3 is 18.0 Å². The number of amides is 1. The second-order valence-corrected chi connectivity index (χ2v) is 7.02. The molecule has 0 fully saturated rings. The van der Waals surface area contributed by atoms with Gasteiger partial charge in [0.25, 0.3) is 0 Å². The summed E-state index contributed by atoms with van der Waals surface area (Å²) < 4.78 is 15.3. The zero-order valence-electron chi connectivity index (χ0n) is 16.0. The van der Waals surface area contributed by atoms with Crippen LogP contribution in [0.3, 0.4) is 0 Å². The Morgan fingerprint density at radius 1 is 1.17 bits per heavy atom. The number of ether oxygens (including phenoxy) is 2. The van der Waals surface area contributed by atoms with Gasteiger partial charge in [-0.3, -0.25) is 0 Å². The van der Waals surface area contributed by atoms with Crippen molar-refractivity contribution in [1.29, 1.82) is 0 Å². The highest BCUT2D eigenvalue weighted by Crippen LogP contribution is 2.20. The van der Waals surface area contributed by atoms with Gasteiger partial charge in [-0.2, -0.15) is 11.8 Å². The van der Waals surface area contributed by atoms with Crippen LogP contribution in [0, 0.1) is 0 Å². The van der Waals surface area contributed by atoms with E-state index in [1.54, 1.807) is 19.1 Å². The molecule has 1 unspecified atom stereocenters. The molecule has 2 rings (SSSR count). The number of esters is 1. The minimum absolute atomic E-state index is 0.0584. The minimum atomic E-state index is -1.15. The molecular weight excluding hydrogens is 398 g/mol. The topological polar surface area (TPSA) is 115 Å². The van der Waals surface area contributed by atoms with Crippen molar-refractivity contribution in [2.75, 3.05) is 12.4 Å². The standard InChI is InChI=1S/C20H23NO7S/c1-2-26-19(24)15-8-10-27-17(15)13-29-11-9-16(18(22)23)21-20(25)28-12-14-6-4-3-5-7-14/h3-8,10,16H,2,9,11-13H2,1H3,(H,21,25)(H,22,23). The monoisotopic (exact) mass is 421 g/mol. The van der Waals surface area contributed by atoms with Crippen LogP contribution in [0.15, 0.2) is 47.1 Å². The number of carboxylic acids is 1. The number of aliphatic carboxylic acids is 1. The number of thioether (sulfide) groups is 1. The number of carbonyl (C=O) groups is 3. The van der Waals surface area contributed by atoms with Crippen molar-refractivity contribution in [2.24, 2.45) is 0 Å². The Hall–Kier alpha value is -2.94. The van der Waals surface area contributed by atoms with Crippen molar-refractivity contribution in [1.82, 2.24) is 5.32 Å². The Morgan fingerprint density at radius 3 is 2.62 bits per heavy atom. The normalized spacial score (nSPS) is 11.5. The van der Waals surface area contributed by atoms with Crippen molar-refractivity contribution < 1.29 is 33.4 Å². The Kier molecular flexibility index (Phi) is 9.10. The molecule has 156 valence electrons. The van der Waals surface area contributed by atoms with E-state index in [1.807, 2.05) is 18.2 Å². The molecule has 9 heteroatoms. The molecule has 29 heavy (non-hydrogen) atoms.